The Bertz CT molecular complexity index is 689. The third kappa shape index (κ3) is 5.61. The second-order valence-corrected chi connectivity index (χ2v) is 9.81. The molecule has 4 rings (SSSR count). The Kier molecular flexibility index (Phi) is 7.63. The van der Waals surface area contributed by atoms with Gasteiger partial charge in [-0.25, -0.2) is 4.58 Å². The highest BCUT2D eigenvalue weighted by Gasteiger charge is 2.34. The van der Waals surface area contributed by atoms with Crippen molar-refractivity contribution in [3.63, 3.8) is 0 Å². The average molecular weight is 492 g/mol. The van der Waals surface area contributed by atoms with Crippen LogP contribution in [0.25, 0.3) is 0 Å². The summed E-state index contributed by atoms with van der Waals surface area (Å²) in [7, 11) is 0. The zero-order chi connectivity index (χ0) is 18.7. The molecule has 0 unspecified atom stereocenters. The number of hydrogen-bond donors (Lipinski definition) is 0. The average Bonchev–Trinajstić information content (AvgIpc) is 2.69. The molecule has 3 heteroatoms. The number of piperidine rings is 2. The molecule has 2 nitrogen and oxygen atoms in total. The Morgan fingerprint density at radius 1 is 0.964 bits per heavy atom. The van der Waals surface area contributed by atoms with Gasteiger partial charge >= 0.3 is 0 Å². The number of hydrogen-bond acceptors (Lipinski definition) is 1. The van der Waals surface area contributed by atoms with Crippen LogP contribution < -0.4 is 24.0 Å². The molecular formula is C25H37IN2. The summed E-state index contributed by atoms with van der Waals surface area (Å²) < 4.78 is 2.69. The van der Waals surface area contributed by atoms with E-state index in [2.05, 4.69) is 59.7 Å². The van der Waals surface area contributed by atoms with Gasteiger partial charge < -0.3 is 28.9 Å². The molecule has 0 atom stereocenters. The summed E-state index contributed by atoms with van der Waals surface area (Å²) in [6.45, 7) is 9.96. The maximum Gasteiger partial charge on any atom is 0.178 e. The van der Waals surface area contributed by atoms with Gasteiger partial charge in [-0.2, -0.15) is 0 Å². The summed E-state index contributed by atoms with van der Waals surface area (Å²) in [5, 5.41) is 0. The number of likely N-dealkylation sites (tertiary alicyclic amines) is 1. The molecule has 0 N–H and O–H groups in total. The van der Waals surface area contributed by atoms with Crippen LogP contribution in [0.1, 0.15) is 64.4 Å². The molecule has 0 bridgehead atoms. The van der Waals surface area contributed by atoms with Gasteiger partial charge in [0.05, 0.1) is 0 Å². The van der Waals surface area contributed by atoms with Crippen molar-refractivity contribution in [2.24, 2.45) is 11.3 Å². The summed E-state index contributed by atoms with van der Waals surface area (Å²) in [5.74, 6) is 0.853. The van der Waals surface area contributed by atoms with Crippen molar-refractivity contribution >= 4 is 5.71 Å². The molecule has 0 amide bonds. The van der Waals surface area contributed by atoms with Crippen LogP contribution >= 0.6 is 0 Å². The van der Waals surface area contributed by atoms with Crippen molar-refractivity contribution in [2.45, 2.75) is 65.2 Å². The smallest absolute Gasteiger partial charge is 0.178 e. The highest BCUT2D eigenvalue weighted by atomic mass is 127. The minimum absolute atomic E-state index is 0. The Labute approximate surface area is 189 Å². The van der Waals surface area contributed by atoms with E-state index in [-0.39, 0.29) is 24.0 Å². The topological polar surface area (TPSA) is 6.25 Å². The molecule has 2 saturated heterocycles. The second-order valence-electron chi connectivity index (χ2n) is 9.81. The van der Waals surface area contributed by atoms with E-state index in [1.807, 2.05) is 0 Å². The third-order valence-electron chi connectivity index (χ3n) is 6.80. The summed E-state index contributed by atoms with van der Waals surface area (Å²) >= 11 is 0. The molecule has 0 spiro atoms. The molecule has 2 heterocycles. The van der Waals surface area contributed by atoms with Gasteiger partial charge in [-0.15, -0.1) is 0 Å². The lowest BCUT2D eigenvalue weighted by Gasteiger charge is -2.40. The fourth-order valence-electron chi connectivity index (χ4n) is 5.30. The van der Waals surface area contributed by atoms with Crippen LogP contribution in [0.3, 0.4) is 0 Å². The van der Waals surface area contributed by atoms with Crippen LogP contribution in [-0.2, 0) is 6.42 Å². The largest absolute Gasteiger partial charge is 1.00 e. The van der Waals surface area contributed by atoms with Gasteiger partial charge in [0, 0.05) is 44.1 Å². The minimum atomic E-state index is 0. The predicted octanol–water partition coefficient (Wildman–Crippen LogP) is 2.29. The molecule has 0 aromatic heterocycles. The Morgan fingerprint density at radius 3 is 2.32 bits per heavy atom. The lowest BCUT2D eigenvalue weighted by molar-refractivity contribution is -0.538. The first-order valence-corrected chi connectivity index (χ1v) is 11.2. The highest BCUT2D eigenvalue weighted by molar-refractivity contribution is 5.92. The summed E-state index contributed by atoms with van der Waals surface area (Å²) in [4.78, 5) is 2.71. The van der Waals surface area contributed by atoms with E-state index in [9.17, 15) is 0 Å². The van der Waals surface area contributed by atoms with Crippen LogP contribution in [0.4, 0.5) is 0 Å². The van der Waals surface area contributed by atoms with Gasteiger partial charge in [0.2, 0.25) is 0 Å². The molecule has 28 heavy (non-hydrogen) atoms. The summed E-state index contributed by atoms with van der Waals surface area (Å²) in [6, 6.07) is 11.1. The Balaban J connectivity index is 0.00000225. The highest BCUT2D eigenvalue weighted by Crippen LogP contribution is 2.37. The van der Waals surface area contributed by atoms with Crippen molar-refractivity contribution < 1.29 is 28.6 Å². The second kappa shape index (κ2) is 9.77. The number of halogens is 1. The molecule has 1 aliphatic carbocycles. The Hall–Kier alpha value is -0.840. The van der Waals surface area contributed by atoms with Crippen molar-refractivity contribution in [1.29, 1.82) is 0 Å². The molecule has 154 valence electrons. The first kappa shape index (κ1) is 21.9. The molecule has 3 aliphatic rings. The standard InChI is InChI=1S/C25H37N2.HI/c1-25(2)19-23(26-13-7-4-8-14-26)18-24(20-25)27-15-11-22(12-16-27)17-21-9-5-3-6-10-21;/h3,5-6,9-10,18,22H,4,7-8,11-17,19-20H2,1-2H3;1H/q+1;/p-1. The van der Waals surface area contributed by atoms with Gasteiger partial charge in [0.15, 0.2) is 5.71 Å². The van der Waals surface area contributed by atoms with Gasteiger partial charge in [-0.1, -0.05) is 44.2 Å². The van der Waals surface area contributed by atoms with Crippen LogP contribution in [0.15, 0.2) is 42.1 Å². The molecule has 2 aliphatic heterocycles. The van der Waals surface area contributed by atoms with E-state index in [4.69, 9.17) is 0 Å². The van der Waals surface area contributed by atoms with Crippen LogP contribution in [-0.4, -0.2) is 41.4 Å². The first-order valence-electron chi connectivity index (χ1n) is 11.2. The maximum atomic E-state index is 2.71. The number of rotatable bonds is 3. The van der Waals surface area contributed by atoms with E-state index in [0.29, 0.717) is 5.41 Å². The van der Waals surface area contributed by atoms with E-state index in [1.54, 1.807) is 11.4 Å². The normalized spacial score (nSPS) is 23.2. The van der Waals surface area contributed by atoms with Crippen LogP contribution in [0.2, 0.25) is 0 Å². The van der Waals surface area contributed by atoms with Crippen molar-refractivity contribution in [1.82, 2.24) is 4.90 Å². The first-order chi connectivity index (χ1) is 13.1. The van der Waals surface area contributed by atoms with Gasteiger partial charge in [-0.3, -0.25) is 0 Å². The van der Waals surface area contributed by atoms with Crippen molar-refractivity contribution in [3.05, 3.63) is 47.7 Å². The fourth-order valence-corrected chi connectivity index (χ4v) is 5.30. The summed E-state index contributed by atoms with van der Waals surface area (Å²) in [5.41, 5.74) is 5.14. The fraction of sp³-hybridized carbons (Fsp3) is 0.640. The molecule has 1 aromatic carbocycles. The molecular weight excluding hydrogens is 455 g/mol. The van der Waals surface area contributed by atoms with Gasteiger partial charge in [0.25, 0.3) is 0 Å². The summed E-state index contributed by atoms with van der Waals surface area (Å²) in [6.07, 6.45) is 13.2. The van der Waals surface area contributed by atoms with Gasteiger partial charge in [-0.05, 0) is 49.0 Å². The monoisotopic (exact) mass is 492 g/mol. The van der Waals surface area contributed by atoms with Crippen LogP contribution in [0.5, 0.6) is 0 Å². The maximum absolute atomic E-state index is 2.71. The number of allylic oxidation sites excluding steroid dienone is 2. The van der Waals surface area contributed by atoms with Crippen molar-refractivity contribution in [3.8, 4) is 0 Å². The van der Waals surface area contributed by atoms with Crippen molar-refractivity contribution in [2.75, 3.05) is 26.2 Å². The molecule has 0 radical (unpaired) electrons. The quantitative estimate of drug-likeness (QED) is 0.464. The number of benzene rings is 1. The predicted molar refractivity (Wildman–Crippen MR) is 114 cm³/mol. The Morgan fingerprint density at radius 2 is 1.64 bits per heavy atom. The zero-order valence-electron chi connectivity index (χ0n) is 17.8. The molecule has 1 aromatic rings. The SMILES string of the molecule is CC1(C)CC(N2CCC(Cc3ccccc3)CC2)=CC(=[N+]2CCCCC2)C1.[I-]. The zero-order valence-corrected chi connectivity index (χ0v) is 20.0. The van der Waals surface area contributed by atoms with E-state index in [1.165, 1.54) is 83.1 Å². The third-order valence-corrected chi connectivity index (χ3v) is 6.80. The van der Waals surface area contributed by atoms with Gasteiger partial charge in [0.1, 0.15) is 13.1 Å². The molecule has 0 saturated carbocycles. The molecule has 2 fully saturated rings. The lowest BCUT2D eigenvalue weighted by Crippen LogP contribution is -3.00. The minimum Gasteiger partial charge on any atom is -1.00 e. The number of nitrogens with zero attached hydrogens (tertiary/aromatic N) is 2. The van der Waals surface area contributed by atoms with E-state index in [0.717, 1.165) is 5.92 Å². The van der Waals surface area contributed by atoms with E-state index >= 15 is 0 Å². The van der Waals surface area contributed by atoms with Crippen LogP contribution in [0, 0.1) is 11.3 Å². The lowest BCUT2D eigenvalue weighted by atomic mass is 9.77. The van der Waals surface area contributed by atoms with E-state index < -0.39 is 0 Å².